The van der Waals surface area contributed by atoms with E-state index in [9.17, 15) is 0 Å². The summed E-state index contributed by atoms with van der Waals surface area (Å²) in [6, 6.07) is 80.9. The molecule has 1 atom stereocenters. The van der Waals surface area contributed by atoms with E-state index in [-0.39, 0.29) is 5.41 Å². The average Bonchev–Trinajstić information content (AvgIpc) is 4.26. The van der Waals surface area contributed by atoms with Gasteiger partial charge in [-0.2, -0.15) is 0 Å². The monoisotopic (exact) mass is 1010 g/mol. The third kappa shape index (κ3) is 9.01. The van der Waals surface area contributed by atoms with Gasteiger partial charge in [0.25, 0.3) is 0 Å². The van der Waals surface area contributed by atoms with Gasteiger partial charge in [0.05, 0.1) is 0 Å². The molecule has 78 heavy (non-hydrogen) atoms. The molecule has 0 amide bonds. The van der Waals surface area contributed by atoms with Crippen LogP contribution in [0.1, 0.15) is 74.3 Å². The molecule has 0 saturated heterocycles. The number of fused-ring (bicyclic) bond motifs is 13. The van der Waals surface area contributed by atoms with Gasteiger partial charge in [-0.15, -0.1) is 0 Å². The Morgan fingerprint density at radius 3 is 1.49 bits per heavy atom. The van der Waals surface area contributed by atoms with Crippen LogP contribution in [0.15, 0.2) is 257 Å². The number of hydrogen-bond acceptors (Lipinski definition) is 2. The number of allylic oxidation sites excluding steroid dienone is 4. The van der Waals surface area contributed by atoms with Crippen LogP contribution in [0, 0.1) is 6.92 Å². The zero-order valence-electron chi connectivity index (χ0n) is 45.1. The SMILES string of the molecule is CC1=CCC(c2ccc(-c3ccc4oc5ccc6ccccc6c5c4c3)cc2)C=C1.CCCc1ccc(-c2ccc(-c3ccc4oc5ccc6ccccc6c5c4c3)cc2)cc1.Cc1ccc2c(c1)C(C)(C)c1ccccc1-2. The molecule has 1 unspecified atom stereocenters. The molecule has 13 aromatic rings. The van der Waals surface area contributed by atoms with Crippen molar-refractivity contribution >= 4 is 65.4 Å². The molecule has 2 heterocycles. The van der Waals surface area contributed by atoms with Gasteiger partial charge in [0.2, 0.25) is 0 Å². The minimum atomic E-state index is 0.151. The van der Waals surface area contributed by atoms with Crippen LogP contribution >= 0.6 is 0 Å². The number of aryl methyl sites for hydroxylation is 2. The second-order valence-corrected chi connectivity index (χ2v) is 22.0. The molecule has 0 N–H and O–H groups in total. The highest BCUT2D eigenvalue weighted by Gasteiger charge is 2.34. The zero-order valence-corrected chi connectivity index (χ0v) is 45.1. The Kier molecular flexibility index (Phi) is 12.6. The molecule has 0 spiro atoms. The molecule has 2 heteroatoms. The fourth-order valence-corrected chi connectivity index (χ4v) is 12.2. The van der Waals surface area contributed by atoms with Gasteiger partial charge >= 0.3 is 0 Å². The van der Waals surface area contributed by atoms with Crippen molar-refractivity contribution in [2.45, 2.75) is 65.2 Å². The molecule has 2 nitrogen and oxygen atoms in total. The minimum absolute atomic E-state index is 0.151. The molecule has 2 aliphatic carbocycles. The Bertz CT molecular complexity index is 4440. The maximum Gasteiger partial charge on any atom is 0.136 e. The summed E-state index contributed by atoms with van der Waals surface area (Å²) in [6.07, 6.45) is 10.3. The Morgan fingerprint density at radius 1 is 0.436 bits per heavy atom. The lowest BCUT2D eigenvalue weighted by Gasteiger charge is -2.21. The first-order chi connectivity index (χ1) is 38.2. The van der Waals surface area contributed by atoms with E-state index in [0.29, 0.717) is 5.92 Å². The van der Waals surface area contributed by atoms with E-state index in [1.807, 2.05) is 0 Å². The summed E-state index contributed by atoms with van der Waals surface area (Å²) in [5.41, 5.74) is 22.5. The summed E-state index contributed by atoms with van der Waals surface area (Å²) in [5, 5.41) is 9.72. The van der Waals surface area contributed by atoms with Gasteiger partial charge in [-0.1, -0.05) is 245 Å². The fourth-order valence-electron chi connectivity index (χ4n) is 12.2. The lowest BCUT2D eigenvalue weighted by molar-refractivity contribution is 0.660. The molecular weight excluding hydrogens is 945 g/mol. The highest BCUT2D eigenvalue weighted by Crippen LogP contribution is 2.49. The Morgan fingerprint density at radius 2 is 0.923 bits per heavy atom. The van der Waals surface area contributed by atoms with E-state index in [1.165, 1.54) is 127 Å². The topological polar surface area (TPSA) is 26.3 Å². The summed E-state index contributed by atoms with van der Waals surface area (Å²) in [7, 11) is 0. The van der Waals surface area contributed by atoms with Crippen molar-refractivity contribution in [1.82, 2.24) is 0 Å². The molecule has 11 aromatic carbocycles. The fraction of sp³-hybridized carbons (Fsp3) is 0.132. The predicted molar refractivity (Wildman–Crippen MR) is 332 cm³/mol. The van der Waals surface area contributed by atoms with Crippen molar-refractivity contribution in [2.75, 3.05) is 0 Å². The van der Waals surface area contributed by atoms with Crippen LogP contribution in [-0.4, -0.2) is 0 Å². The number of furan rings is 2. The van der Waals surface area contributed by atoms with Gasteiger partial charge in [0.1, 0.15) is 22.3 Å². The summed E-state index contributed by atoms with van der Waals surface area (Å²) >= 11 is 0. The van der Waals surface area contributed by atoms with E-state index in [2.05, 4.69) is 277 Å². The number of benzene rings is 11. The first kappa shape index (κ1) is 48.6. The van der Waals surface area contributed by atoms with Crippen molar-refractivity contribution in [3.8, 4) is 44.5 Å². The average molecular weight is 1010 g/mol. The maximum absolute atomic E-state index is 6.16. The van der Waals surface area contributed by atoms with Crippen LogP contribution in [0.5, 0.6) is 0 Å². The Hall–Kier alpha value is -8.98. The standard InChI is InChI=1S/C31H24O.C29H22O.C16H16/c1-2-5-21-8-10-22(11-9-21)23-12-14-24(15-13-23)26-17-18-29-28(20-26)31-27-7-4-3-6-25(27)16-19-30(31)32-29;1-19-6-8-20(9-7-19)21-10-12-22(13-11-21)24-15-16-27-26(18-24)29-25-5-3-2-4-23(25)14-17-28(29)30-27;1-11-8-9-13-12-6-4-5-7-14(12)16(2,3)15(13)10-11/h3-4,6-20H,2,5H2,1H3;2-8,10-18,20H,9H2,1H3;4-10H,1-3H3. The predicted octanol–water partition coefficient (Wildman–Crippen LogP) is 21.7. The zero-order chi connectivity index (χ0) is 52.9. The first-order valence-corrected chi connectivity index (χ1v) is 27.7. The molecular formula is C76H62O2. The van der Waals surface area contributed by atoms with Crippen LogP contribution in [0.25, 0.3) is 110 Å². The maximum atomic E-state index is 6.16. The third-order valence-electron chi connectivity index (χ3n) is 16.5. The summed E-state index contributed by atoms with van der Waals surface area (Å²) in [4.78, 5) is 0. The van der Waals surface area contributed by atoms with E-state index in [4.69, 9.17) is 8.83 Å². The van der Waals surface area contributed by atoms with Crippen LogP contribution < -0.4 is 0 Å². The quantitative estimate of drug-likeness (QED) is 0.166. The molecule has 15 rings (SSSR count). The highest BCUT2D eigenvalue weighted by molar-refractivity contribution is 6.20. The lowest BCUT2D eigenvalue weighted by atomic mass is 9.82. The lowest BCUT2D eigenvalue weighted by Crippen LogP contribution is -2.14. The molecule has 2 aromatic heterocycles. The van der Waals surface area contributed by atoms with Crippen LogP contribution in [-0.2, 0) is 11.8 Å². The van der Waals surface area contributed by atoms with E-state index in [0.717, 1.165) is 35.2 Å². The van der Waals surface area contributed by atoms with Crippen molar-refractivity contribution < 1.29 is 8.83 Å². The van der Waals surface area contributed by atoms with Gasteiger partial charge in [-0.25, -0.2) is 0 Å². The second kappa shape index (κ2) is 20.2. The van der Waals surface area contributed by atoms with Crippen LogP contribution in [0.2, 0.25) is 0 Å². The first-order valence-electron chi connectivity index (χ1n) is 27.7. The Balaban J connectivity index is 0.000000117. The van der Waals surface area contributed by atoms with Crippen molar-refractivity contribution in [2.24, 2.45) is 0 Å². The molecule has 0 aliphatic heterocycles. The third-order valence-corrected chi connectivity index (χ3v) is 16.5. The van der Waals surface area contributed by atoms with Crippen molar-refractivity contribution in [3.05, 3.63) is 276 Å². The van der Waals surface area contributed by atoms with Crippen molar-refractivity contribution in [1.29, 1.82) is 0 Å². The minimum Gasteiger partial charge on any atom is -0.456 e. The van der Waals surface area contributed by atoms with Gasteiger partial charge in [-0.3, -0.25) is 0 Å². The van der Waals surface area contributed by atoms with Crippen molar-refractivity contribution in [3.63, 3.8) is 0 Å². The van der Waals surface area contributed by atoms with Gasteiger partial charge in [0, 0.05) is 32.9 Å². The van der Waals surface area contributed by atoms with E-state index in [1.54, 1.807) is 0 Å². The summed E-state index contributed by atoms with van der Waals surface area (Å²) in [5.74, 6) is 0.481. The van der Waals surface area contributed by atoms with Gasteiger partial charge in [0.15, 0.2) is 0 Å². The summed E-state index contributed by atoms with van der Waals surface area (Å²) in [6.45, 7) is 11.2. The van der Waals surface area contributed by atoms with E-state index >= 15 is 0 Å². The molecule has 0 saturated carbocycles. The smallest absolute Gasteiger partial charge is 0.136 e. The molecule has 2 aliphatic rings. The number of rotatable bonds is 6. The molecule has 378 valence electrons. The molecule has 0 radical (unpaired) electrons. The number of hydrogen-bond donors (Lipinski definition) is 0. The van der Waals surface area contributed by atoms with Crippen LogP contribution in [0.3, 0.4) is 0 Å². The largest absolute Gasteiger partial charge is 0.456 e. The molecule has 0 fully saturated rings. The normalized spacial score (nSPS) is 14.3. The van der Waals surface area contributed by atoms with Crippen LogP contribution in [0.4, 0.5) is 0 Å². The van der Waals surface area contributed by atoms with E-state index < -0.39 is 0 Å². The molecule has 0 bridgehead atoms. The van der Waals surface area contributed by atoms with Gasteiger partial charge < -0.3 is 8.83 Å². The highest BCUT2D eigenvalue weighted by atomic mass is 16.3. The summed E-state index contributed by atoms with van der Waals surface area (Å²) < 4.78 is 12.3. The van der Waals surface area contributed by atoms with Gasteiger partial charge in [-0.05, 0) is 151 Å². The second-order valence-electron chi connectivity index (χ2n) is 22.0. The Labute approximate surface area is 457 Å².